The second-order valence-electron chi connectivity index (χ2n) is 5.69. The third-order valence-corrected chi connectivity index (χ3v) is 4.27. The van der Waals surface area contributed by atoms with E-state index in [1.54, 1.807) is 18.3 Å². The van der Waals surface area contributed by atoms with Crippen LogP contribution in [0.2, 0.25) is 0 Å². The number of hydrogen-bond acceptors (Lipinski definition) is 5. The van der Waals surface area contributed by atoms with Gasteiger partial charge in [0.2, 0.25) is 0 Å². The Balaban J connectivity index is 1.61. The molecular formula is C17H17FN4O. The highest BCUT2D eigenvalue weighted by Crippen LogP contribution is 2.31. The summed E-state index contributed by atoms with van der Waals surface area (Å²) >= 11 is 0. The highest BCUT2D eigenvalue weighted by atomic mass is 19.1. The predicted octanol–water partition coefficient (Wildman–Crippen LogP) is 2.44. The molecule has 0 radical (unpaired) electrons. The van der Waals surface area contributed by atoms with E-state index in [0.717, 1.165) is 37.3 Å². The molecule has 2 heterocycles. The maximum Gasteiger partial charge on any atom is 0.158 e. The van der Waals surface area contributed by atoms with Crippen LogP contribution < -0.4 is 4.90 Å². The Morgan fingerprint density at radius 3 is 2.43 bits per heavy atom. The molecule has 1 N–H and O–H groups in total. The fourth-order valence-corrected chi connectivity index (χ4v) is 2.92. The van der Waals surface area contributed by atoms with Crippen molar-refractivity contribution in [3.05, 3.63) is 53.7 Å². The van der Waals surface area contributed by atoms with Crippen LogP contribution >= 0.6 is 0 Å². The number of anilines is 1. The zero-order valence-electron chi connectivity index (χ0n) is 12.6. The Morgan fingerprint density at radius 2 is 1.87 bits per heavy atom. The van der Waals surface area contributed by atoms with E-state index in [1.807, 2.05) is 6.07 Å². The molecule has 5 nitrogen and oxygen atoms in total. The van der Waals surface area contributed by atoms with Crippen molar-refractivity contribution in [1.82, 2.24) is 9.97 Å². The molecule has 0 saturated carbocycles. The molecule has 1 atom stereocenters. The number of aliphatic hydroxyl groups is 1. The summed E-state index contributed by atoms with van der Waals surface area (Å²) in [6.07, 6.45) is 4.13. The molecule has 23 heavy (non-hydrogen) atoms. The molecule has 1 aromatic heterocycles. The van der Waals surface area contributed by atoms with Gasteiger partial charge >= 0.3 is 0 Å². The number of nitrogens with zero attached hydrogens (tertiary/aromatic N) is 4. The summed E-state index contributed by atoms with van der Waals surface area (Å²) in [5, 5.41) is 19.2. The van der Waals surface area contributed by atoms with Crippen LogP contribution in [-0.2, 0) is 0 Å². The fourth-order valence-electron chi connectivity index (χ4n) is 2.92. The second-order valence-corrected chi connectivity index (χ2v) is 5.69. The number of aliphatic hydroxyl groups excluding tert-OH is 1. The Kier molecular flexibility index (Phi) is 4.49. The van der Waals surface area contributed by atoms with E-state index >= 15 is 0 Å². The van der Waals surface area contributed by atoms with E-state index in [4.69, 9.17) is 5.26 Å². The molecule has 3 rings (SSSR count). The summed E-state index contributed by atoms with van der Waals surface area (Å²) in [7, 11) is 0. The van der Waals surface area contributed by atoms with Crippen molar-refractivity contribution < 1.29 is 9.50 Å². The number of hydrogen-bond donors (Lipinski definition) is 1. The van der Waals surface area contributed by atoms with E-state index in [-0.39, 0.29) is 11.7 Å². The number of piperidine rings is 1. The molecule has 6 heteroatoms. The highest BCUT2D eigenvalue weighted by Gasteiger charge is 2.26. The summed E-state index contributed by atoms with van der Waals surface area (Å²) < 4.78 is 13.0. The number of rotatable bonds is 3. The van der Waals surface area contributed by atoms with Gasteiger partial charge in [0, 0.05) is 13.1 Å². The lowest BCUT2D eigenvalue weighted by atomic mass is 9.87. The average Bonchev–Trinajstić information content (AvgIpc) is 2.62. The molecule has 0 aliphatic carbocycles. The maximum atomic E-state index is 13.0. The van der Waals surface area contributed by atoms with Gasteiger partial charge in [-0.15, -0.1) is 0 Å². The van der Waals surface area contributed by atoms with Crippen molar-refractivity contribution in [3.63, 3.8) is 0 Å². The molecule has 1 aromatic carbocycles. The Bertz CT molecular complexity index is 688. The molecule has 1 aliphatic rings. The number of halogens is 1. The minimum atomic E-state index is -0.579. The Morgan fingerprint density at radius 1 is 1.17 bits per heavy atom. The van der Waals surface area contributed by atoms with Crippen LogP contribution in [0.1, 0.15) is 30.2 Å². The Hall–Kier alpha value is -2.52. The minimum absolute atomic E-state index is 0.142. The fraction of sp³-hybridized carbons (Fsp3) is 0.353. The molecule has 0 amide bonds. The van der Waals surface area contributed by atoms with Gasteiger partial charge in [0.15, 0.2) is 5.69 Å². The van der Waals surface area contributed by atoms with Crippen molar-refractivity contribution in [2.75, 3.05) is 18.0 Å². The van der Waals surface area contributed by atoms with Crippen LogP contribution in [0.4, 0.5) is 10.2 Å². The number of benzene rings is 1. The van der Waals surface area contributed by atoms with Crippen molar-refractivity contribution in [3.8, 4) is 6.07 Å². The summed E-state index contributed by atoms with van der Waals surface area (Å²) in [6, 6.07) is 7.97. The number of aromatic nitrogens is 2. The molecule has 0 bridgehead atoms. The molecule has 118 valence electrons. The van der Waals surface area contributed by atoms with Crippen LogP contribution in [0.3, 0.4) is 0 Å². The zero-order chi connectivity index (χ0) is 16.2. The van der Waals surface area contributed by atoms with Crippen LogP contribution in [-0.4, -0.2) is 28.2 Å². The molecule has 0 unspecified atom stereocenters. The third kappa shape index (κ3) is 3.46. The first-order valence-corrected chi connectivity index (χ1v) is 7.58. The SMILES string of the molecule is N#Cc1cnc(N2CCC([C@@H](O)c3ccc(F)cc3)CC2)cn1. The standard InChI is InChI=1S/C17H17FN4O/c18-14-3-1-12(2-4-14)17(23)13-5-7-22(8-6-13)16-11-20-15(9-19)10-21-16/h1-4,10-11,13,17,23H,5-8H2/t17-/m0/s1. The zero-order valence-corrected chi connectivity index (χ0v) is 12.6. The van der Waals surface area contributed by atoms with Gasteiger partial charge in [-0.05, 0) is 36.5 Å². The molecule has 2 aromatic rings. The topological polar surface area (TPSA) is 73.0 Å². The van der Waals surface area contributed by atoms with Crippen LogP contribution in [0.25, 0.3) is 0 Å². The molecular weight excluding hydrogens is 295 g/mol. The average molecular weight is 312 g/mol. The van der Waals surface area contributed by atoms with Gasteiger partial charge in [-0.3, -0.25) is 0 Å². The van der Waals surface area contributed by atoms with Gasteiger partial charge in [-0.1, -0.05) is 12.1 Å². The minimum Gasteiger partial charge on any atom is -0.388 e. The molecule has 0 spiro atoms. The van der Waals surface area contributed by atoms with E-state index in [9.17, 15) is 9.50 Å². The van der Waals surface area contributed by atoms with E-state index in [0.29, 0.717) is 5.69 Å². The van der Waals surface area contributed by atoms with E-state index < -0.39 is 6.10 Å². The van der Waals surface area contributed by atoms with Crippen LogP contribution in [0.5, 0.6) is 0 Å². The van der Waals surface area contributed by atoms with Crippen molar-refractivity contribution in [2.45, 2.75) is 18.9 Å². The molecule has 1 aliphatic heterocycles. The van der Waals surface area contributed by atoms with Gasteiger partial charge in [0.05, 0.1) is 18.5 Å². The van der Waals surface area contributed by atoms with Gasteiger partial charge in [0.25, 0.3) is 0 Å². The van der Waals surface area contributed by atoms with Gasteiger partial charge in [0.1, 0.15) is 17.7 Å². The lowest BCUT2D eigenvalue weighted by Gasteiger charge is -2.34. The predicted molar refractivity (Wildman–Crippen MR) is 83.0 cm³/mol. The lowest BCUT2D eigenvalue weighted by Crippen LogP contribution is -2.36. The quantitative estimate of drug-likeness (QED) is 0.942. The van der Waals surface area contributed by atoms with E-state index in [1.165, 1.54) is 18.3 Å². The first-order chi connectivity index (χ1) is 11.2. The van der Waals surface area contributed by atoms with Gasteiger partial charge in [-0.2, -0.15) is 5.26 Å². The first-order valence-electron chi connectivity index (χ1n) is 7.58. The van der Waals surface area contributed by atoms with Gasteiger partial charge in [-0.25, -0.2) is 14.4 Å². The summed E-state index contributed by atoms with van der Waals surface area (Å²) in [5.41, 5.74) is 1.05. The largest absolute Gasteiger partial charge is 0.388 e. The van der Waals surface area contributed by atoms with Crippen molar-refractivity contribution >= 4 is 5.82 Å². The van der Waals surface area contributed by atoms with Crippen LogP contribution in [0.15, 0.2) is 36.7 Å². The van der Waals surface area contributed by atoms with E-state index in [2.05, 4.69) is 14.9 Å². The molecule has 1 fully saturated rings. The smallest absolute Gasteiger partial charge is 0.158 e. The van der Waals surface area contributed by atoms with Gasteiger partial charge < -0.3 is 10.0 Å². The number of nitriles is 1. The van der Waals surface area contributed by atoms with Crippen LogP contribution in [0, 0.1) is 23.1 Å². The Labute approximate surface area is 134 Å². The summed E-state index contributed by atoms with van der Waals surface area (Å²) in [4.78, 5) is 10.4. The third-order valence-electron chi connectivity index (χ3n) is 4.27. The van der Waals surface area contributed by atoms with Crippen molar-refractivity contribution in [2.24, 2.45) is 5.92 Å². The summed E-state index contributed by atoms with van der Waals surface area (Å²) in [6.45, 7) is 1.53. The second kappa shape index (κ2) is 6.71. The van der Waals surface area contributed by atoms with Crippen molar-refractivity contribution in [1.29, 1.82) is 5.26 Å². The molecule has 1 saturated heterocycles. The monoisotopic (exact) mass is 312 g/mol. The highest BCUT2D eigenvalue weighted by molar-refractivity contribution is 5.37. The normalized spacial score (nSPS) is 16.8. The first kappa shape index (κ1) is 15.4. The lowest BCUT2D eigenvalue weighted by molar-refractivity contribution is 0.0928. The summed E-state index contributed by atoms with van der Waals surface area (Å²) in [5.74, 6) is 0.594. The maximum absolute atomic E-state index is 13.0.